The van der Waals surface area contributed by atoms with Crippen molar-refractivity contribution in [2.45, 2.75) is 13.5 Å². The summed E-state index contributed by atoms with van der Waals surface area (Å²) in [6, 6.07) is 0. The first-order valence-corrected chi connectivity index (χ1v) is 3.91. The Bertz CT molecular complexity index is 276. The van der Waals surface area contributed by atoms with Crippen molar-refractivity contribution < 1.29 is 4.74 Å². The summed E-state index contributed by atoms with van der Waals surface area (Å²) in [7, 11) is 5.45. The zero-order chi connectivity index (χ0) is 9.14. The third kappa shape index (κ3) is 3.04. The predicted octanol–water partition coefficient (Wildman–Crippen LogP) is 1.30. The number of aromatic nitrogens is 2. The van der Waals surface area contributed by atoms with Gasteiger partial charge in [-0.25, -0.2) is 4.68 Å². The number of hydrogen-bond acceptors (Lipinski definition) is 3. The van der Waals surface area contributed by atoms with E-state index >= 15 is 0 Å². The van der Waals surface area contributed by atoms with Gasteiger partial charge in [-0.2, -0.15) is 5.10 Å². The van der Waals surface area contributed by atoms with E-state index in [1.807, 2.05) is 21.0 Å². The van der Waals surface area contributed by atoms with E-state index in [4.69, 9.17) is 4.74 Å². The Labute approximate surface area is 96.8 Å². The van der Waals surface area contributed by atoms with Crippen LogP contribution in [-0.2, 0) is 13.6 Å². The Morgan fingerprint density at radius 2 is 2.00 bits per heavy atom. The van der Waals surface area contributed by atoms with Gasteiger partial charge in [0.1, 0.15) is 0 Å². The highest BCUT2D eigenvalue weighted by Crippen LogP contribution is 2.19. The third-order valence-electron chi connectivity index (χ3n) is 1.84. The molecule has 0 aliphatic rings. The van der Waals surface area contributed by atoms with Gasteiger partial charge < -0.3 is 10.1 Å². The van der Waals surface area contributed by atoms with Crippen molar-refractivity contribution in [3.63, 3.8) is 0 Å². The summed E-state index contributed by atoms with van der Waals surface area (Å²) in [5, 5.41) is 7.33. The van der Waals surface area contributed by atoms with Crippen LogP contribution in [0.4, 0.5) is 0 Å². The minimum absolute atomic E-state index is 0. The Balaban J connectivity index is 0. The van der Waals surface area contributed by atoms with Crippen molar-refractivity contribution in [1.29, 1.82) is 0 Å². The van der Waals surface area contributed by atoms with E-state index in [0.29, 0.717) is 0 Å². The summed E-state index contributed by atoms with van der Waals surface area (Å²) in [5.74, 6) is 0.835. The lowest BCUT2D eigenvalue weighted by Crippen LogP contribution is -2.07. The molecule has 0 unspecified atom stereocenters. The maximum atomic E-state index is 5.21. The van der Waals surface area contributed by atoms with Crippen molar-refractivity contribution in [3.05, 3.63) is 11.3 Å². The van der Waals surface area contributed by atoms with Crippen molar-refractivity contribution >= 4 is 24.8 Å². The zero-order valence-electron chi connectivity index (χ0n) is 8.83. The molecule has 1 aromatic heterocycles. The Hall–Kier alpha value is -0.450. The normalized spacial score (nSPS) is 8.86. The molecule has 0 saturated heterocycles. The van der Waals surface area contributed by atoms with Crippen LogP contribution in [0.15, 0.2) is 0 Å². The van der Waals surface area contributed by atoms with Crippen LogP contribution in [0.2, 0.25) is 0 Å². The highest BCUT2D eigenvalue weighted by Gasteiger charge is 2.11. The molecular formula is C8H17Cl2N3O. The maximum absolute atomic E-state index is 5.21. The van der Waals surface area contributed by atoms with Crippen LogP contribution in [0.5, 0.6) is 5.88 Å². The third-order valence-corrected chi connectivity index (χ3v) is 1.84. The van der Waals surface area contributed by atoms with Crippen LogP contribution in [0, 0.1) is 6.92 Å². The van der Waals surface area contributed by atoms with Gasteiger partial charge in [0.25, 0.3) is 0 Å². The molecule has 0 bridgehead atoms. The molecule has 0 radical (unpaired) electrons. The van der Waals surface area contributed by atoms with Gasteiger partial charge in [-0.15, -0.1) is 24.8 Å². The summed E-state index contributed by atoms with van der Waals surface area (Å²) in [6.45, 7) is 2.78. The Kier molecular flexibility index (Phi) is 7.91. The Morgan fingerprint density at radius 1 is 1.43 bits per heavy atom. The number of halogens is 2. The SMILES string of the molecule is CNCc1c(C)nn(C)c1OC.Cl.Cl. The first kappa shape index (κ1) is 16.0. The molecule has 1 N–H and O–H groups in total. The summed E-state index contributed by atoms with van der Waals surface area (Å²) in [6.07, 6.45) is 0. The molecule has 6 heteroatoms. The minimum atomic E-state index is 0. The quantitative estimate of drug-likeness (QED) is 0.868. The molecule has 84 valence electrons. The van der Waals surface area contributed by atoms with Crippen molar-refractivity contribution in [3.8, 4) is 5.88 Å². The van der Waals surface area contributed by atoms with Crippen molar-refractivity contribution in [1.82, 2.24) is 15.1 Å². The van der Waals surface area contributed by atoms with Crippen molar-refractivity contribution in [2.24, 2.45) is 7.05 Å². The van der Waals surface area contributed by atoms with Crippen LogP contribution in [0.25, 0.3) is 0 Å². The number of hydrogen-bond donors (Lipinski definition) is 1. The highest BCUT2D eigenvalue weighted by molar-refractivity contribution is 5.85. The molecule has 1 aromatic rings. The number of rotatable bonds is 3. The number of methoxy groups -OCH3 is 1. The first-order chi connectivity index (χ1) is 5.70. The summed E-state index contributed by atoms with van der Waals surface area (Å²) in [5.41, 5.74) is 2.14. The molecule has 0 aliphatic carbocycles. The van der Waals surface area contributed by atoms with Gasteiger partial charge in [-0.05, 0) is 14.0 Å². The largest absolute Gasteiger partial charge is 0.481 e. The van der Waals surface area contributed by atoms with Crippen LogP contribution in [-0.4, -0.2) is 23.9 Å². The lowest BCUT2D eigenvalue weighted by atomic mass is 10.2. The summed E-state index contributed by atoms with van der Waals surface area (Å²) < 4.78 is 6.96. The summed E-state index contributed by atoms with van der Waals surface area (Å²) in [4.78, 5) is 0. The van der Waals surface area contributed by atoms with E-state index in [2.05, 4.69) is 10.4 Å². The van der Waals surface area contributed by atoms with E-state index in [9.17, 15) is 0 Å². The van der Waals surface area contributed by atoms with Gasteiger partial charge >= 0.3 is 0 Å². The van der Waals surface area contributed by atoms with Gasteiger partial charge in [0.15, 0.2) is 0 Å². The molecule has 0 fully saturated rings. The molecule has 0 amide bonds. The fourth-order valence-electron chi connectivity index (χ4n) is 1.32. The topological polar surface area (TPSA) is 39.1 Å². The Morgan fingerprint density at radius 3 is 2.43 bits per heavy atom. The van der Waals surface area contributed by atoms with Gasteiger partial charge in [0, 0.05) is 13.6 Å². The second kappa shape index (κ2) is 6.92. The second-order valence-electron chi connectivity index (χ2n) is 2.73. The lowest BCUT2D eigenvalue weighted by Gasteiger charge is -2.03. The number of ether oxygens (including phenoxy) is 1. The smallest absolute Gasteiger partial charge is 0.216 e. The first-order valence-electron chi connectivity index (χ1n) is 3.91. The van der Waals surface area contributed by atoms with Gasteiger partial charge in [-0.3, -0.25) is 0 Å². The number of nitrogens with one attached hydrogen (secondary N) is 1. The molecule has 1 rings (SSSR count). The molecule has 0 spiro atoms. The van der Waals surface area contributed by atoms with Gasteiger partial charge in [0.05, 0.1) is 18.4 Å². The van der Waals surface area contributed by atoms with Crippen LogP contribution >= 0.6 is 24.8 Å². The average Bonchev–Trinajstić information content (AvgIpc) is 2.28. The van der Waals surface area contributed by atoms with Crippen LogP contribution in [0.3, 0.4) is 0 Å². The molecule has 14 heavy (non-hydrogen) atoms. The fraction of sp³-hybridized carbons (Fsp3) is 0.625. The molecule has 1 heterocycles. The highest BCUT2D eigenvalue weighted by atomic mass is 35.5. The lowest BCUT2D eigenvalue weighted by molar-refractivity contribution is 0.368. The van der Waals surface area contributed by atoms with E-state index in [-0.39, 0.29) is 24.8 Å². The van der Waals surface area contributed by atoms with E-state index in [1.54, 1.807) is 11.8 Å². The average molecular weight is 242 g/mol. The van der Waals surface area contributed by atoms with E-state index in [1.165, 1.54) is 0 Å². The van der Waals surface area contributed by atoms with Crippen molar-refractivity contribution in [2.75, 3.05) is 14.2 Å². The standard InChI is InChI=1S/C8H15N3O.2ClH/c1-6-7(5-9-2)8(12-4)11(3)10-6;;/h9H,5H2,1-4H3;2*1H. The zero-order valence-corrected chi connectivity index (χ0v) is 10.5. The monoisotopic (exact) mass is 241 g/mol. The minimum Gasteiger partial charge on any atom is -0.481 e. The molecule has 0 aliphatic heterocycles. The summed E-state index contributed by atoms with van der Waals surface area (Å²) >= 11 is 0. The van der Waals surface area contributed by atoms with Crippen LogP contribution in [0.1, 0.15) is 11.3 Å². The predicted molar refractivity (Wildman–Crippen MR) is 61.8 cm³/mol. The van der Waals surface area contributed by atoms with Gasteiger partial charge in [0.2, 0.25) is 5.88 Å². The molecule has 4 nitrogen and oxygen atoms in total. The fourth-order valence-corrected chi connectivity index (χ4v) is 1.32. The molecular weight excluding hydrogens is 225 g/mol. The second-order valence-corrected chi connectivity index (χ2v) is 2.73. The molecule has 0 aromatic carbocycles. The molecule has 0 atom stereocenters. The number of aryl methyl sites for hydroxylation is 2. The van der Waals surface area contributed by atoms with Gasteiger partial charge in [-0.1, -0.05) is 0 Å². The van der Waals surface area contributed by atoms with E-state index < -0.39 is 0 Å². The van der Waals surface area contributed by atoms with E-state index in [0.717, 1.165) is 23.7 Å². The van der Waals surface area contributed by atoms with Crippen LogP contribution < -0.4 is 10.1 Å². The molecule has 0 saturated carbocycles. The number of nitrogens with zero attached hydrogens (tertiary/aromatic N) is 2. The maximum Gasteiger partial charge on any atom is 0.216 e.